The monoisotopic (exact) mass is 379 g/mol. The molecular weight excluding hydrogens is 358 g/mol. The van der Waals surface area contributed by atoms with E-state index in [1.807, 2.05) is 30.3 Å². The Kier molecular flexibility index (Phi) is 4.73. The van der Waals surface area contributed by atoms with Gasteiger partial charge in [-0.2, -0.15) is 0 Å². The van der Waals surface area contributed by atoms with Gasteiger partial charge in [-0.15, -0.1) is 0 Å². The molecule has 0 aliphatic carbocycles. The highest BCUT2D eigenvalue weighted by atomic mass is 16.5. The number of carbonyl (C=O) groups is 3. The Morgan fingerprint density at radius 3 is 2.50 bits per heavy atom. The van der Waals surface area contributed by atoms with Crippen molar-refractivity contribution in [2.75, 3.05) is 13.7 Å². The van der Waals surface area contributed by atoms with E-state index in [4.69, 9.17) is 4.74 Å². The lowest BCUT2D eigenvalue weighted by atomic mass is 10.0. The summed E-state index contributed by atoms with van der Waals surface area (Å²) < 4.78 is 5.13. The molecular formula is C21H21N3O4. The average Bonchev–Trinajstić information content (AvgIpc) is 3.15. The fourth-order valence-electron chi connectivity index (χ4n) is 3.79. The molecule has 4 rings (SSSR count). The van der Waals surface area contributed by atoms with Gasteiger partial charge < -0.3 is 15.0 Å². The lowest BCUT2D eigenvalue weighted by Crippen LogP contribution is -2.64. The van der Waals surface area contributed by atoms with Crippen LogP contribution in [0.2, 0.25) is 0 Å². The molecule has 7 heteroatoms. The summed E-state index contributed by atoms with van der Waals surface area (Å²) in [6.45, 7) is 0.602. The third kappa shape index (κ3) is 3.19. The summed E-state index contributed by atoms with van der Waals surface area (Å²) in [7, 11) is 1.56. The molecule has 144 valence electrons. The van der Waals surface area contributed by atoms with Gasteiger partial charge in [0.05, 0.1) is 19.7 Å². The minimum Gasteiger partial charge on any atom is -0.497 e. The van der Waals surface area contributed by atoms with Crippen LogP contribution in [0, 0.1) is 0 Å². The number of nitrogens with one attached hydrogen (secondary N) is 1. The van der Waals surface area contributed by atoms with Crippen molar-refractivity contribution < 1.29 is 19.1 Å². The molecule has 0 aromatic heterocycles. The first-order valence-corrected chi connectivity index (χ1v) is 9.19. The van der Waals surface area contributed by atoms with Crippen LogP contribution in [-0.4, -0.2) is 53.4 Å². The van der Waals surface area contributed by atoms with E-state index >= 15 is 0 Å². The van der Waals surface area contributed by atoms with Crippen molar-refractivity contribution in [2.45, 2.75) is 25.0 Å². The second kappa shape index (κ2) is 7.34. The number of hydrogen-bond acceptors (Lipinski definition) is 4. The van der Waals surface area contributed by atoms with E-state index in [1.165, 1.54) is 4.90 Å². The first-order valence-electron chi connectivity index (χ1n) is 9.19. The van der Waals surface area contributed by atoms with Gasteiger partial charge in [-0.05, 0) is 36.2 Å². The van der Waals surface area contributed by atoms with Crippen LogP contribution in [0.1, 0.15) is 22.3 Å². The number of urea groups is 1. The molecule has 2 fully saturated rings. The summed E-state index contributed by atoms with van der Waals surface area (Å²) >= 11 is 0. The molecule has 28 heavy (non-hydrogen) atoms. The van der Waals surface area contributed by atoms with Gasteiger partial charge in [-0.3, -0.25) is 14.5 Å². The number of amides is 4. The van der Waals surface area contributed by atoms with Crippen LogP contribution in [0.3, 0.4) is 0 Å². The zero-order valence-electron chi connectivity index (χ0n) is 15.5. The summed E-state index contributed by atoms with van der Waals surface area (Å²) in [6, 6.07) is 14.7. The van der Waals surface area contributed by atoms with Gasteiger partial charge in [-0.1, -0.05) is 30.3 Å². The van der Waals surface area contributed by atoms with Crippen LogP contribution in [-0.2, 0) is 11.3 Å². The fraction of sp³-hybridized carbons (Fsp3) is 0.286. The number of hydrogen-bond donors (Lipinski definition) is 1. The third-order valence-corrected chi connectivity index (χ3v) is 5.25. The van der Waals surface area contributed by atoms with E-state index in [0.717, 1.165) is 5.56 Å². The lowest BCUT2D eigenvalue weighted by Gasteiger charge is -2.37. The highest BCUT2D eigenvalue weighted by Gasteiger charge is 2.49. The molecule has 2 saturated heterocycles. The van der Waals surface area contributed by atoms with Crippen molar-refractivity contribution in [1.82, 2.24) is 15.1 Å². The van der Waals surface area contributed by atoms with E-state index in [2.05, 4.69) is 5.32 Å². The Morgan fingerprint density at radius 1 is 1.11 bits per heavy atom. The SMILES string of the molecule is COc1ccc(C(=O)N2CCC3NC(=O)N(Cc4ccccc4)C(=O)C32)cc1. The summed E-state index contributed by atoms with van der Waals surface area (Å²) in [5.41, 5.74) is 1.34. The Bertz CT molecular complexity index is 898. The number of methoxy groups -OCH3 is 1. The maximum Gasteiger partial charge on any atom is 0.324 e. The summed E-state index contributed by atoms with van der Waals surface area (Å²) in [6.07, 6.45) is 0.559. The molecule has 2 atom stereocenters. The largest absolute Gasteiger partial charge is 0.497 e. The Balaban J connectivity index is 1.56. The van der Waals surface area contributed by atoms with Crippen molar-refractivity contribution in [3.05, 3.63) is 65.7 Å². The van der Waals surface area contributed by atoms with Crippen molar-refractivity contribution in [3.8, 4) is 5.75 Å². The number of fused-ring (bicyclic) bond motifs is 1. The van der Waals surface area contributed by atoms with Crippen LogP contribution < -0.4 is 10.1 Å². The lowest BCUT2D eigenvalue weighted by molar-refractivity contribution is -0.134. The highest BCUT2D eigenvalue weighted by molar-refractivity contribution is 6.04. The smallest absolute Gasteiger partial charge is 0.324 e. The fourth-order valence-corrected chi connectivity index (χ4v) is 3.79. The predicted octanol–water partition coefficient (Wildman–Crippen LogP) is 2.03. The Morgan fingerprint density at radius 2 is 1.82 bits per heavy atom. The maximum atomic E-state index is 13.1. The maximum absolute atomic E-state index is 13.1. The van der Waals surface area contributed by atoms with Crippen LogP contribution >= 0.6 is 0 Å². The number of benzene rings is 2. The normalized spacial score (nSPS) is 21.3. The third-order valence-electron chi connectivity index (χ3n) is 5.25. The van der Waals surface area contributed by atoms with Gasteiger partial charge in [0.15, 0.2) is 0 Å². The molecule has 2 aromatic rings. The molecule has 2 unspecified atom stereocenters. The van der Waals surface area contributed by atoms with Gasteiger partial charge in [0.25, 0.3) is 11.8 Å². The zero-order valence-corrected chi connectivity index (χ0v) is 15.5. The molecule has 0 spiro atoms. The quantitative estimate of drug-likeness (QED) is 0.882. The number of ether oxygens (including phenoxy) is 1. The van der Waals surface area contributed by atoms with E-state index < -0.39 is 12.1 Å². The molecule has 0 bridgehead atoms. The summed E-state index contributed by atoms with van der Waals surface area (Å²) in [5.74, 6) is 0.0992. The molecule has 2 aromatic carbocycles. The van der Waals surface area contributed by atoms with E-state index in [1.54, 1.807) is 36.3 Å². The number of rotatable bonds is 4. The first kappa shape index (κ1) is 18.0. The van der Waals surface area contributed by atoms with Gasteiger partial charge in [0, 0.05) is 12.1 Å². The molecule has 1 N–H and O–H groups in total. The van der Waals surface area contributed by atoms with Crippen LogP contribution in [0.4, 0.5) is 4.79 Å². The van der Waals surface area contributed by atoms with E-state index in [0.29, 0.717) is 24.3 Å². The second-order valence-corrected chi connectivity index (χ2v) is 6.93. The summed E-state index contributed by atoms with van der Waals surface area (Å²) in [5, 5.41) is 2.89. The topological polar surface area (TPSA) is 79.0 Å². The zero-order chi connectivity index (χ0) is 19.7. The number of nitrogens with zero attached hydrogens (tertiary/aromatic N) is 2. The standard InChI is InChI=1S/C21H21N3O4/c1-28-16-9-7-15(8-10-16)19(25)23-12-11-17-18(23)20(26)24(21(27)22-17)13-14-5-3-2-4-6-14/h2-10,17-18H,11-13H2,1H3,(H,22,27). The molecule has 7 nitrogen and oxygen atoms in total. The Hall–Kier alpha value is -3.35. The van der Waals surface area contributed by atoms with Gasteiger partial charge in [-0.25, -0.2) is 4.79 Å². The number of carbonyl (C=O) groups excluding carboxylic acids is 3. The minimum absolute atomic E-state index is 0.180. The van der Waals surface area contributed by atoms with Gasteiger partial charge >= 0.3 is 6.03 Å². The van der Waals surface area contributed by atoms with E-state index in [-0.39, 0.29) is 24.4 Å². The molecule has 2 aliphatic rings. The Labute approximate surface area is 162 Å². The molecule has 4 amide bonds. The van der Waals surface area contributed by atoms with E-state index in [9.17, 15) is 14.4 Å². The second-order valence-electron chi connectivity index (χ2n) is 6.93. The molecule has 0 radical (unpaired) electrons. The number of imide groups is 1. The number of likely N-dealkylation sites (tertiary alicyclic amines) is 1. The molecule has 2 heterocycles. The predicted molar refractivity (Wildman–Crippen MR) is 102 cm³/mol. The summed E-state index contributed by atoms with van der Waals surface area (Å²) in [4.78, 5) is 41.3. The van der Waals surface area contributed by atoms with Crippen molar-refractivity contribution in [3.63, 3.8) is 0 Å². The average molecular weight is 379 g/mol. The van der Waals surface area contributed by atoms with Crippen LogP contribution in [0.25, 0.3) is 0 Å². The molecule has 2 aliphatic heterocycles. The first-order chi connectivity index (χ1) is 13.6. The van der Waals surface area contributed by atoms with Crippen LogP contribution in [0.15, 0.2) is 54.6 Å². The highest BCUT2D eigenvalue weighted by Crippen LogP contribution is 2.27. The van der Waals surface area contributed by atoms with Crippen molar-refractivity contribution >= 4 is 17.8 Å². The van der Waals surface area contributed by atoms with Crippen molar-refractivity contribution in [2.24, 2.45) is 0 Å². The van der Waals surface area contributed by atoms with Crippen LogP contribution in [0.5, 0.6) is 5.75 Å². The van der Waals surface area contributed by atoms with Crippen molar-refractivity contribution in [1.29, 1.82) is 0 Å². The molecule has 0 saturated carbocycles. The van der Waals surface area contributed by atoms with Gasteiger partial charge in [0.2, 0.25) is 0 Å². The minimum atomic E-state index is -0.684. The van der Waals surface area contributed by atoms with Gasteiger partial charge in [0.1, 0.15) is 11.8 Å².